The van der Waals surface area contributed by atoms with E-state index in [0.29, 0.717) is 25.2 Å². The molecular weight excluding hydrogens is 497 g/mol. The summed E-state index contributed by atoms with van der Waals surface area (Å²) in [4.78, 5) is 29.5. The Hall–Kier alpha value is -3.70. The Morgan fingerprint density at radius 1 is 1.07 bits per heavy atom. The fourth-order valence-corrected chi connectivity index (χ4v) is 4.63. The molecule has 3 aromatic carbocycles. The maximum Gasteiger partial charge on any atom is 1.00 e. The number of nitrogens with two attached hydrogens (primary N) is 1. The normalized spacial score (nSPS) is 12.1. The minimum Gasteiger partial charge on any atom is -0.398 e. The SMILES string of the molecule is O=[N+]([O-])c1cc[c-]cc1.[CH2-]CN(C[CH2-])Cc1ccccc1C(=O)Nc1ccc2nc3c(c(N)c2c1)CCCC3.[Li+]. The number of nitro groups is 1. The van der Waals surface area contributed by atoms with E-state index in [-0.39, 0.29) is 30.5 Å². The van der Waals surface area contributed by atoms with E-state index in [2.05, 4.69) is 30.1 Å². The van der Waals surface area contributed by atoms with Gasteiger partial charge in [0.05, 0.1) is 5.52 Å². The molecule has 1 heterocycles. The molecular formula is C31H32LiN5O3-2. The number of amides is 1. The Morgan fingerprint density at radius 2 is 1.77 bits per heavy atom. The summed E-state index contributed by atoms with van der Waals surface area (Å²) in [5.41, 5.74) is 12.9. The van der Waals surface area contributed by atoms with E-state index in [0.717, 1.165) is 59.2 Å². The summed E-state index contributed by atoms with van der Waals surface area (Å²) in [6.45, 7) is 9.78. The smallest absolute Gasteiger partial charge is 0.398 e. The Morgan fingerprint density at radius 3 is 2.45 bits per heavy atom. The number of carbonyl (C=O) groups is 1. The quantitative estimate of drug-likeness (QED) is 0.165. The van der Waals surface area contributed by atoms with Gasteiger partial charge in [0.25, 0.3) is 5.91 Å². The molecule has 3 N–H and O–H groups in total. The van der Waals surface area contributed by atoms with E-state index in [1.165, 1.54) is 29.8 Å². The van der Waals surface area contributed by atoms with Gasteiger partial charge >= 0.3 is 18.9 Å². The van der Waals surface area contributed by atoms with E-state index in [9.17, 15) is 14.9 Å². The Balaban J connectivity index is 0.000000377. The molecule has 4 aromatic rings. The standard InChI is InChI=1S/C25H28N4O.C6H4NO2.Li/c1-3-29(4-2)16-17-9-5-6-10-19(17)25(30)27-18-13-14-23-21(15-18)24(26)20-11-7-8-12-22(20)28-23;8-7(9)6-4-2-1-3-5-6;/h5-6,9-10,13-15H,1-4,7-8,11-12,16H2,(H2,26,28)(H,27,30);2-5H;/q-2;-1;+1. The van der Waals surface area contributed by atoms with Crippen LogP contribution in [0.2, 0.25) is 0 Å². The summed E-state index contributed by atoms with van der Waals surface area (Å²) in [7, 11) is 0. The molecule has 8 nitrogen and oxygen atoms in total. The molecule has 0 aliphatic heterocycles. The third-order valence-electron chi connectivity index (χ3n) is 6.76. The number of benzene rings is 3. The number of nitro benzene ring substituents is 1. The topological polar surface area (TPSA) is 114 Å². The number of rotatable bonds is 7. The third kappa shape index (κ3) is 7.48. The summed E-state index contributed by atoms with van der Waals surface area (Å²) < 4.78 is 0. The summed E-state index contributed by atoms with van der Waals surface area (Å²) in [6, 6.07) is 21.9. The van der Waals surface area contributed by atoms with Crippen LogP contribution in [0, 0.1) is 30.0 Å². The fourth-order valence-electron chi connectivity index (χ4n) is 4.63. The number of aromatic nitrogens is 1. The van der Waals surface area contributed by atoms with Crippen LogP contribution in [-0.2, 0) is 19.4 Å². The van der Waals surface area contributed by atoms with Crippen LogP contribution in [0.25, 0.3) is 10.9 Å². The second-order valence-corrected chi connectivity index (χ2v) is 9.29. The van der Waals surface area contributed by atoms with Crippen LogP contribution in [0.4, 0.5) is 17.1 Å². The molecule has 1 aromatic heterocycles. The summed E-state index contributed by atoms with van der Waals surface area (Å²) in [5, 5.41) is 13.9. The zero-order valence-corrected chi connectivity index (χ0v) is 22.9. The zero-order chi connectivity index (χ0) is 27.8. The van der Waals surface area contributed by atoms with Gasteiger partial charge in [-0.05, 0) is 61.1 Å². The number of carbonyl (C=O) groups excluding carboxylic acids is 1. The molecule has 0 bridgehead atoms. The van der Waals surface area contributed by atoms with Gasteiger partial charge in [-0.1, -0.05) is 30.3 Å². The van der Waals surface area contributed by atoms with E-state index in [1.807, 2.05) is 42.5 Å². The van der Waals surface area contributed by atoms with Crippen molar-refractivity contribution in [1.29, 1.82) is 0 Å². The molecule has 0 fully saturated rings. The van der Waals surface area contributed by atoms with Crippen LogP contribution in [0.3, 0.4) is 0 Å². The zero-order valence-electron chi connectivity index (χ0n) is 22.9. The first-order valence-corrected chi connectivity index (χ1v) is 12.9. The van der Waals surface area contributed by atoms with Gasteiger partial charge in [0.1, 0.15) is 0 Å². The molecule has 1 amide bonds. The molecule has 1 aliphatic carbocycles. The second kappa shape index (κ2) is 14.6. The average molecular weight is 530 g/mol. The maximum atomic E-state index is 13.0. The number of hydrogen-bond acceptors (Lipinski definition) is 6. The Labute approximate surface area is 247 Å². The van der Waals surface area contributed by atoms with E-state index in [4.69, 9.17) is 10.7 Å². The van der Waals surface area contributed by atoms with Gasteiger partial charge in [-0.2, -0.15) is 18.2 Å². The summed E-state index contributed by atoms with van der Waals surface area (Å²) in [5.74, 6) is -0.137. The number of nitrogens with one attached hydrogen (secondary N) is 1. The van der Waals surface area contributed by atoms with Crippen molar-refractivity contribution >= 4 is 33.9 Å². The second-order valence-electron chi connectivity index (χ2n) is 9.29. The van der Waals surface area contributed by atoms with Crippen molar-refractivity contribution in [2.24, 2.45) is 0 Å². The molecule has 0 saturated carbocycles. The molecule has 0 radical (unpaired) electrons. The number of nitrogens with zero attached hydrogens (tertiary/aromatic N) is 3. The summed E-state index contributed by atoms with van der Waals surface area (Å²) >= 11 is 0. The molecule has 0 atom stereocenters. The number of anilines is 2. The largest absolute Gasteiger partial charge is 1.00 e. The van der Waals surface area contributed by atoms with Crippen molar-refractivity contribution in [3.05, 3.63) is 119 Å². The van der Waals surface area contributed by atoms with Crippen molar-refractivity contribution in [1.82, 2.24) is 9.88 Å². The minimum atomic E-state index is -0.437. The summed E-state index contributed by atoms with van der Waals surface area (Å²) in [6.07, 6.45) is 4.28. The molecule has 40 heavy (non-hydrogen) atoms. The van der Waals surface area contributed by atoms with Gasteiger partial charge in [-0.15, -0.1) is 13.1 Å². The van der Waals surface area contributed by atoms with Crippen molar-refractivity contribution < 1.29 is 28.6 Å². The van der Waals surface area contributed by atoms with Crippen LogP contribution in [0.15, 0.2) is 66.7 Å². The molecule has 0 spiro atoms. The van der Waals surface area contributed by atoms with E-state index < -0.39 is 4.92 Å². The minimum absolute atomic E-state index is 0. The van der Waals surface area contributed by atoms with Crippen molar-refractivity contribution in [2.45, 2.75) is 32.2 Å². The van der Waals surface area contributed by atoms with Crippen LogP contribution >= 0.6 is 0 Å². The number of nitrogen functional groups attached to an aromatic ring is 1. The predicted molar refractivity (Wildman–Crippen MR) is 155 cm³/mol. The monoisotopic (exact) mass is 529 g/mol. The first-order valence-electron chi connectivity index (χ1n) is 12.9. The molecule has 9 heteroatoms. The molecule has 5 rings (SSSR count). The van der Waals surface area contributed by atoms with E-state index in [1.54, 1.807) is 0 Å². The van der Waals surface area contributed by atoms with Crippen LogP contribution in [0.1, 0.15) is 40.0 Å². The third-order valence-corrected chi connectivity index (χ3v) is 6.76. The first-order chi connectivity index (χ1) is 18.9. The van der Waals surface area contributed by atoms with Gasteiger partial charge < -0.3 is 29.8 Å². The Bertz CT molecular complexity index is 1460. The first kappa shape index (κ1) is 30.8. The number of non-ortho nitro benzene ring substituents is 1. The van der Waals surface area contributed by atoms with E-state index >= 15 is 0 Å². The molecule has 0 unspecified atom stereocenters. The Kier molecular flexibility index (Phi) is 11.3. The van der Waals surface area contributed by atoms with Gasteiger partial charge in [0.15, 0.2) is 5.69 Å². The fraction of sp³-hybridized carbons (Fsp3) is 0.226. The van der Waals surface area contributed by atoms with Crippen molar-refractivity contribution in [3.8, 4) is 0 Å². The number of hydrogen-bond donors (Lipinski definition) is 2. The van der Waals surface area contributed by atoms with Crippen molar-refractivity contribution in [3.63, 3.8) is 0 Å². The average Bonchev–Trinajstić information content (AvgIpc) is 2.97. The molecule has 202 valence electrons. The van der Waals surface area contributed by atoms with Crippen LogP contribution in [0.5, 0.6) is 0 Å². The number of fused-ring (bicyclic) bond motifs is 2. The maximum absolute atomic E-state index is 13.0. The number of aryl methyl sites for hydroxylation is 1. The van der Waals surface area contributed by atoms with Crippen LogP contribution in [-0.4, -0.2) is 33.8 Å². The van der Waals surface area contributed by atoms with Gasteiger partial charge in [0.2, 0.25) is 0 Å². The van der Waals surface area contributed by atoms with Crippen molar-refractivity contribution in [2.75, 3.05) is 24.1 Å². The predicted octanol–water partition coefficient (Wildman–Crippen LogP) is 2.82. The number of pyridine rings is 1. The molecule has 1 aliphatic rings. The van der Waals surface area contributed by atoms with Crippen LogP contribution < -0.4 is 29.9 Å². The van der Waals surface area contributed by atoms with Gasteiger partial charge in [-0.25, -0.2) is 0 Å². The van der Waals surface area contributed by atoms with Gasteiger partial charge in [-0.3, -0.25) is 19.9 Å². The molecule has 0 saturated heterocycles. The van der Waals surface area contributed by atoms with Gasteiger partial charge in [0, 0.05) is 39.5 Å².